The lowest BCUT2D eigenvalue weighted by Gasteiger charge is -2.17. The van der Waals surface area contributed by atoms with Crippen molar-refractivity contribution in [3.05, 3.63) is 34.6 Å². The van der Waals surface area contributed by atoms with Crippen molar-refractivity contribution in [2.24, 2.45) is 11.8 Å². The fourth-order valence-electron chi connectivity index (χ4n) is 1.96. The highest BCUT2D eigenvalue weighted by atomic mass is 35.5. The van der Waals surface area contributed by atoms with Gasteiger partial charge in [0.25, 0.3) is 5.91 Å². The van der Waals surface area contributed by atoms with Crippen molar-refractivity contribution in [2.45, 2.75) is 13.3 Å². The van der Waals surface area contributed by atoms with Crippen LogP contribution in [0, 0.1) is 17.7 Å². The van der Waals surface area contributed by atoms with Gasteiger partial charge >= 0.3 is 0 Å². The van der Waals surface area contributed by atoms with Crippen molar-refractivity contribution < 1.29 is 9.18 Å². The van der Waals surface area contributed by atoms with E-state index in [0.29, 0.717) is 23.4 Å². The van der Waals surface area contributed by atoms with Gasteiger partial charge in [-0.1, -0.05) is 18.5 Å². The SMILES string of the molecule is CC1CC1CN(C)C(=O)c1cc(Cl)ccc1F. The van der Waals surface area contributed by atoms with E-state index in [9.17, 15) is 9.18 Å². The van der Waals surface area contributed by atoms with E-state index >= 15 is 0 Å². The van der Waals surface area contributed by atoms with Crippen molar-refractivity contribution in [1.82, 2.24) is 4.90 Å². The molecule has 2 unspecified atom stereocenters. The number of hydrogen-bond acceptors (Lipinski definition) is 1. The summed E-state index contributed by atoms with van der Waals surface area (Å²) in [4.78, 5) is 13.6. The predicted octanol–water partition coefficient (Wildman–Crippen LogP) is 3.21. The average Bonchev–Trinajstić information content (AvgIpc) is 2.96. The molecule has 0 radical (unpaired) electrons. The van der Waals surface area contributed by atoms with E-state index in [0.717, 1.165) is 6.42 Å². The number of benzene rings is 1. The molecule has 1 aliphatic rings. The zero-order chi connectivity index (χ0) is 12.6. The summed E-state index contributed by atoms with van der Waals surface area (Å²) in [6.07, 6.45) is 1.15. The van der Waals surface area contributed by atoms with E-state index in [2.05, 4.69) is 6.92 Å². The zero-order valence-corrected chi connectivity index (χ0v) is 10.7. The van der Waals surface area contributed by atoms with Crippen LogP contribution in [0.25, 0.3) is 0 Å². The van der Waals surface area contributed by atoms with E-state index in [1.165, 1.54) is 18.2 Å². The van der Waals surface area contributed by atoms with E-state index in [1.54, 1.807) is 11.9 Å². The first-order valence-corrected chi connectivity index (χ1v) is 6.07. The van der Waals surface area contributed by atoms with Crippen LogP contribution in [0.5, 0.6) is 0 Å². The molecule has 2 rings (SSSR count). The first kappa shape index (κ1) is 12.4. The normalized spacial score (nSPS) is 22.4. The number of nitrogens with zero attached hydrogens (tertiary/aromatic N) is 1. The summed E-state index contributed by atoms with van der Waals surface area (Å²) in [5.74, 6) is 0.417. The summed E-state index contributed by atoms with van der Waals surface area (Å²) >= 11 is 5.77. The summed E-state index contributed by atoms with van der Waals surface area (Å²) < 4.78 is 13.5. The van der Waals surface area contributed by atoms with E-state index in [4.69, 9.17) is 11.6 Å². The Morgan fingerprint density at radius 2 is 2.24 bits per heavy atom. The molecular weight excluding hydrogens is 241 g/mol. The Hall–Kier alpha value is -1.09. The van der Waals surface area contributed by atoms with Crippen molar-refractivity contribution in [3.8, 4) is 0 Å². The minimum absolute atomic E-state index is 0.0494. The van der Waals surface area contributed by atoms with Gasteiger partial charge in [-0.15, -0.1) is 0 Å². The second-order valence-corrected chi connectivity index (χ2v) is 5.22. The average molecular weight is 256 g/mol. The number of hydrogen-bond donors (Lipinski definition) is 0. The van der Waals surface area contributed by atoms with Crippen LogP contribution in [0.15, 0.2) is 18.2 Å². The van der Waals surface area contributed by atoms with Gasteiger partial charge in [-0.3, -0.25) is 4.79 Å². The van der Waals surface area contributed by atoms with Crippen LogP contribution < -0.4 is 0 Å². The molecule has 4 heteroatoms. The van der Waals surface area contributed by atoms with Gasteiger partial charge in [0.2, 0.25) is 0 Å². The Balaban J connectivity index is 2.10. The fraction of sp³-hybridized carbons (Fsp3) is 0.462. The standard InChI is InChI=1S/C13H15ClFNO/c1-8-5-9(8)7-16(2)13(17)11-6-10(14)3-4-12(11)15/h3-4,6,8-9H,5,7H2,1-2H3. The fourth-order valence-corrected chi connectivity index (χ4v) is 2.13. The lowest BCUT2D eigenvalue weighted by molar-refractivity contribution is 0.0782. The molecule has 92 valence electrons. The second-order valence-electron chi connectivity index (χ2n) is 4.78. The Bertz CT molecular complexity index is 449. The molecule has 0 spiro atoms. The van der Waals surface area contributed by atoms with Crippen molar-refractivity contribution >= 4 is 17.5 Å². The molecule has 1 fully saturated rings. The Morgan fingerprint density at radius 1 is 1.59 bits per heavy atom. The van der Waals surface area contributed by atoms with Gasteiger partial charge in [-0.2, -0.15) is 0 Å². The van der Waals surface area contributed by atoms with Gasteiger partial charge in [-0.25, -0.2) is 4.39 Å². The molecule has 1 aromatic carbocycles. The minimum Gasteiger partial charge on any atom is -0.341 e. The highest BCUT2D eigenvalue weighted by molar-refractivity contribution is 6.30. The molecule has 2 nitrogen and oxygen atoms in total. The summed E-state index contributed by atoms with van der Waals surface area (Å²) in [6.45, 7) is 2.84. The van der Waals surface area contributed by atoms with Gasteiger partial charge < -0.3 is 4.90 Å². The van der Waals surface area contributed by atoms with Crippen LogP contribution >= 0.6 is 11.6 Å². The maximum atomic E-state index is 13.5. The summed E-state index contributed by atoms with van der Waals surface area (Å²) in [6, 6.07) is 4.05. The first-order chi connectivity index (χ1) is 7.99. The number of carbonyl (C=O) groups excluding carboxylic acids is 1. The van der Waals surface area contributed by atoms with Crippen LogP contribution in [-0.4, -0.2) is 24.4 Å². The lowest BCUT2D eigenvalue weighted by atomic mass is 10.2. The molecule has 0 N–H and O–H groups in total. The predicted molar refractivity (Wildman–Crippen MR) is 65.6 cm³/mol. The topological polar surface area (TPSA) is 20.3 Å². The Labute approximate surface area is 105 Å². The molecule has 2 atom stereocenters. The van der Waals surface area contributed by atoms with Crippen molar-refractivity contribution in [2.75, 3.05) is 13.6 Å². The maximum absolute atomic E-state index is 13.5. The lowest BCUT2D eigenvalue weighted by Crippen LogP contribution is -2.29. The molecule has 0 aliphatic heterocycles. The number of carbonyl (C=O) groups is 1. The highest BCUT2D eigenvalue weighted by Crippen LogP contribution is 2.38. The summed E-state index contributed by atoms with van der Waals surface area (Å²) in [7, 11) is 1.70. The van der Waals surface area contributed by atoms with Gasteiger partial charge in [-0.05, 0) is 36.5 Å². The number of amides is 1. The van der Waals surface area contributed by atoms with E-state index in [-0.39, 0.29) is 11.5 Å². The number of rotatable bonds is 3. The van der Waals surface area contributed by atoms with Gasteiger partial charge in [0.05, 0.1) is 5.56 Å². The molecule has 0 heterocycles. The van der Waals surface area contributed by atoms with Gasteiger partial charge in [0.1, 0.15) is 5.82 Å². The summed E-state index contributed by atoms with van der Waals surface area (Å²) in [5, 5.41) is 0.378. The Kier molecular flexibility index (Phi) is 3.38. The third-order valence-electron chi connectivity index (χ3n) is 3.29. The second kappa shape index (κ2) is 4.65. The molecular formula is C13H15ClFNO. The number of halogens is 2. The molecule has 17 heavy (non-hydrogen) atoms. The van der Waals surface area contributed by atoms with Crippen LogP contribution in [-0.2, 0) is 0 Å². The van der Waals surface area contributed by atoms with Crippen LogP contribution in [0.1, 0.15) is 23.7 Å². The molecule has 0 aromatic heterocycles. The van der Waals surface area contributed by atoms with Crippen LogP contribution in [0.2, 0.25) is 5.02 Å². The molecule has 1 amide bonds. The smallest absolute Gasteiger partial charge is 0.256 e. The largest absolute Gasteiger partial charge is 0.341 e. The molecule has 0 saturated heterocycles. The zero-order valence-electron chi connectivity index (χ0n) is 9.91. The molecule has 1 aromatic rings. The van der Waals surface area contributed by atoms with Crippen molar-refractivity contribution in [3.63, 3.8) is 0 Å². The maximum Gasteiger partial charge on any atom is 0.256 e. The monoisotopic (exact) mass is 255 g/mol. The third-order valence-corrected chi connectivity index (χ3v) is 3.53. The summed E-state index contributed by atoms with van der Waals surface area (Å²) in [5.41, 5.74) is 0.0494. The van der Waals surface area contributed by atoms with Gasteiger partial charge in [0.15, 0.2) is 0 Å². The van der Waals surface area contributed by atoms with Crippen LogP contribution in [0.3, 0.4) is 0 Å². The third kappa shape index (κ3) is 2.78. The molecule has 0 bridgehead atoms. The molecule has 1 saturated carbocycles. The van der Waals surface area contributed by atoms with E-state index < -0.39 is 5.82 Å². The highest BCUT2D eigenvalue weighted by Gasteiger charge is 2.34. The quantitative estimate of drug-likeness (QED) is 0.812. The van der Waals surface area contributed by atoms with E-state index in [1.807, 2.05) is 0 Å². The minimum atomic E-state index is -0.518. The first-order valence-electron chi connectivity index (χ1n) is 5.69. The van der Waals surface area contributed by atoms with Crippen LogP contribution in [0.4, 0.5) is 4.39 Å². The van der Waals surface area contributed by atoms with Gasteiger partial charge in [0, 0.05) is 18.6 Å². The molecule has 1 aliphatic carbocycles. The Morgan fingerprint density at radius 3 is 2.82 bits per heavy atom. The van der Waals surface area contributed by atoms with Crippen molar-refractivity contribution in [1.29, 1.82) is 0 Å².